The van der Waals surface area contributed by atoms with Crippen molar-refractivity contribution in [3.8, 4) is 0 Å². The summed E-state index contributed by atoms with van der Waals surface area (Å²) in [5.41, 5.74) is 1.12. The number of fused-ring (bicyclic) bond motifs is 1. The van der Waals surface area contributed by atoms with Gasteiger partial charge in [-0.25, -0.2) is 4.98 Å². The molecule has 0 radical (unpaired) electrons. The van der Waals surface area contributed by atoms with Gasteiger partial charge in [0.15, 0.2) is 4.96 Å². The quantitative estimate of drug-likeness (QED) is 0.734. The van der Waals surface area contributed by atoms with E-state index >= 15 is 0 Å². The standard InChI is InChI=1S/C12H19N3OS/c1-16-7-4-2-3-5-13-9-11-10-15-6-8-17-12(15)14-11/h6,8,10,13H,2-5,7,9H2,1H3. The first-order valence-corrected chi connectivity index (χ1v) is 6.89. The van der Waals surface area contributed by atoms with Gasteiger partial charge in [0, 0.05) is 38.0 Å². The van der Waals surface area contributed by atoms with E-state index in [9.17, 15) is 0 Å². The van der Waals surface area contributed by atoms with Crippen LogP contribution in [-0.2, 0) is 11.3 Å². The second-order valence-electron chi connectivity index (χ2n) is 4.06. The lowest BCUT2D eigenvalue weighted by molar-refractivity contribution is 0.192. The van der Waals surface area contributed by atoms with Gasteiger partial charge in [0.1, 0.15) is 0 Å². The Morgan fingerprint density at radius 1 is 1.41 bits per heavy atom. The number of nitrogens with zero attached hydrogens (tertiary/aromatic N) is 2. The lowest BCUT2D eigenvalue weighted by Gasteiger charge is -2.02. The Morgan fingerprint density at radius 2 is 2.35 bits per heavy atom. The highest BCUT2D eigenvalue weighted by Gasteiger charge is 2.01. The summed E-state index contributed by atoms with van der Waals surface area (Å²) in [6.45, 7) is 2.78. The summed E-state index contributed by atoms with van der Waals surface area (Å²) < 4.78 is 7.08. The van der Waals surface area contributed by atoms with E-state index in [4.69, 9.17) is 4.74 Å². The molecule has 2 aromatic heterocycles. The molecule has 17 heavy (non-hydrogen) atoms. The third-order valence-corrected chi connectivity index (χ3v) is 3.42. The second-order valence-corrected chi connectivity index (χ2v) is 4.93. The number of hydrogen-bond acceptors (Lipinski definition) is 4. The van der Waals surface area contributed by atoms with Gasteiger partial charge in [-0.1, -0.05) is 0 Å². The average molecular weight is 253 g/mol. The van der Waals surface area contributed by atoms with Gasteiger partial charge in [-0.3, -0.25) is 4.40 Å². The third kappa shape index (κ3) is 3.80. The summed E-state index contributed by atoms with van der Waals surface area (Å²) in [4.78, 5) is 5.59. The summed E-state index contributed by atoms with van der Waals surface area (Å²) >= 11 is 1.67. The molecule has 0 spiro atoms. The van der Waals surface area contributed by atoms with Crippen LogP contribution in [0.25, 0.3) is 4.96 Å². The monoisotopic (exact) mass is 253 g/mol. The first-order valence-electron chi connectivity index (χ1n) is 6.01. The van der Waals surface area contributed by atoms with Crippen molar-refractivity contribution < 1.29 is 4.74 Å². The summed E-state index contributed by atoms with van der Waals surface area (Å²) in [6, 6.07) is 0. The lowest BCUT2D eigenvalue weighted by atomic mass is 10.2. The zero-order chi connectivity index (χ0) is 11.9. The van der Waals surface area contributed by atoms with Crippen LogP contribution in [0.2, 0.25) is 0 Å². The first kappa shape index (κ1) is 12.5. The SMILES string of the molecule is COCCCCCNCc1cn2ccsc2n1. The smallest absolute Gasteiger partial charge is 0.193 e. The highest BCUT2D eigenvalue weighted by atomic mass is 32.1. The largest absolute Gasteiger partial charge is 0.385 e. The summed E-state index contributed by atoms with van der Waals surface area (Å²) in [5.74, 6) is 0. The van der Waals surface area contributed by atoms with Crippen molar-refractivity contribution in [2.24, 2.45) is 0 Å². The number of aromatic nitrogens is 2. The van der Waals surface area contributed by atoms with Crippen molar-refractivity contribution in [1.29, 1.82) is 0 Å². The lowest BCUT2D eigenvalue weighted by Crippen LogP contribution is -2.15. The molecule has 0 saturated carbocycles. The van der Waals surface area contributed by atoms with Crippen LogP contribution in [0.4, 0.5) is 0 Å². The van der Waals surface area contributed by atoms with E-state index in [0.717, 1.165) is 36.8 Å². The van der Waals surface area contributed by atoms with Crippen LogP contribution >= 0.6 is 11.3 Å². The molecule has 0 atom stereocenters. The van der Waals surface area contributed by atoms with Gasteiger partial charge in [-0.05, 0) is 25.8 Å². The molecule has 0 aliphatic carbocycles. The predicted octanol–water partition coefficient (Wildman–Crippen LogP) is 2.30. The molecule has 0 aliphatic heterocycles. The highest BCUT2D eigenvalue weighted by Crippen LogP contribution is 2.10. The van der Waals surface area contributed by atoms with Crippen LogP contribution in [-0.4, -0.2) is 29.6 Å². The van der Waals surface area contributed by atoms with E-state index in [1.807, 2.05) is 6.20 Å². The van der Waals surface area contributed by atoms with Gasteiger partial charge < -0.3 is 10.1 Å². The van der Waals surface area contributed by atoms with E-state index < -0.39 is 0 Å². The Labute approximate surface area is 106 Å². The maximum absolute atomic E-state index is 5.01. The van der Waals surface area contributed by atoms with Gasteiger partial charge in [-0.2, -0.15) is 0 Å². The second kappa shape index (κ2) is 6.74. The van der Waals surface area contributed by atoms with Gasteiger partial charge in [0.05, 0.1) is 5.69 Å². The third-order valence-electron chi connectivity index (χ3n) is 2.65. The molecular formula is C12H19N3OS. The number of nitrogens with one attached hydrogen (secondary N) is 1. The minimum absolute atomic E-state index is 0.860. The van der Waals surface area contributed by atoms with Gasteiger partial charge in [-0.15, -0.1) is 11.3 Å². The van der Waals surface area contributed by atoms with E-state index in [-0.39, 0.29) is 0 Å². The van der Waals surface area contributed by atoms with Crippen LogP contribution in [0.15, 0.2) is 17.8 Å². The maximum Gasteiger partial charge on any atom is 0.193 e. The van der Waals surface area contributed by atoms with Crippen molar-refractivity contribution in [1.82, 2.24) is 14.7 Å². The normalized spacial score (nSPS) is 11.4. The predicted molar refractivity (Wildman–Crippen MR) is 70.5 cm³/mol. The number of rotatable bonds is 8. The van der Waals surface area contributed by atoms with E-state index in [1.54, 1.807) is 18.4 Å². The van der Waals surface area contributed by atoms with E-state index in [1.165, 1.54) is 12.8 Å². The van der Waals surface area contributed by atoms with Crippen molar-refractivity contribution in [3.63, 3.8) is 0 Å². The van der Waals surface area contributed by atoms with Crippen molar-refractivity contribution in [3.05, 3.63) is 23.5 Å². The van der Waals surface area contributed by atoms with E-state index in [2.05, 4.69) is 26.3 Å². The molecule has 1 N–H and O–H groups in total. The maximum atomic E-state index is 5.01. The number of hydrogen-bond donors (Lipinski definition) is 1. The summed E-state index contributed by atoms with van der Waals surface area (Å²) in [5, 5.41) is 5.47. The van der Waals surface area contributed by atoms with Gasteiger partial charge in [0.2, 0.25) is 0 Å². The molecule has 0 saturated heterocycles. The fourth-order valence-corrected chi connectivity index (χ4v) is 2.47. The van der Waals surface area contributed by atoms with Crippen LogP contribution in [0, 0.1) is 0 Å². The van der Waals surface area contributed by atoms with Crippen LogP contribution in [0.5, 0.6) is 0 Å². The summed E-state index contributed by atoms with van der Waals surface area (Å²) in [7, 11) is 1.75. The van der Waals surface area contributed by atoms with Gasteiger partial charge >= 0.3 is 0 Å². The minimum atomic E-state index is 0.860. The molecular weight excluding hydrogens is 234 g/mol. The molecule has 4 nitrogen and oxygen atoms in total. The number of thiazole rings is 1. The fraction of sp³-hybridized carbons (Fsp3) is 0.583. The number of unbranched alkanes of at least 4 members (excludes halogenated alkanes) is 2. The summed E-state index contributed by atoms with van der Waals surface area (Å²) in [6.07, 6.45) is 7.70. The Balaban J connectivity index is 1.60. The molecule has 2 heterocycles. The Kier molecular flexibility index (Phi) is 4.97. The fourth-order valence-electron chi connectivity index (χ4n) is 1.75. The molecule has 0 aliphatic rings. The molecule has 2 aromatic rings. The van der Waals surface area contributed by atoms with Crippen LogP contribution in [0.1, 0.15) is 25.0 Å². The molecule has 0 amide bonds. The molecule has 5 heteroatoms. The zero-order valence-corrected chi connectivity index (χ0v) is 11.0. The Bertz CT molecular complexity index is 409. The minimum Gasteiger partial charge on any atom is -0.385 e. The van der Waals surface area contributed by atoms with E-state index in [0.29, 0.717) is 0 Å². The molecule has 2 rings (SSSR count). The number of imidazole rings is 1. The first-order chi connectivity index (χ1) is 8.40. The zero-order valence-electron chi connectivity index (χ0n) is 10.2. The van der Waals surface area contributed by atoms with Crippen molar-refractivity contribution in [2.75, 3.05) is 20.3 Å². The molecule has 0 bridgehead atoms. The number of methoxy groups -OCH3 is 1. The average Bonchev–Trinajstić information content (AvgIpc) is 2.88. The molecule has 94 valence electrons. The topological polar surface area (TPSA) is 38.6 Å². The Morgan fingerprint density at radius 3 is 3.18 bits per heavy atom. The molecule has 0 fully saturated rings. The van der Waals surface area contributed by atoms with Crippen LogP contribution < -0.4 is 5.32 Å². The number of ether oxygens (including phenoxy) is 1. The van der Waals surface area contributed by atoms with Crippen molar-refractivity contribution >= 4 is 16.3 Å². The molecule has 0 aromatic carbocycles. The van der Waals surface area contributed by atoms with Gasteiger partial charge in [0.25, 0.3) is 0 Å². The highest BCUT2D eigenvalue weighted by molar-refractivity contribution is 7.15. The van der Waals surface area contributed by atoms with Crippen LogP contribution in [0.3, 0.4) is 0 Å². The molecule has 0 unspecified atom stereocenters. The Hall–Kier alpha value is -0.910. The van der Waals surface area contributed by atoms with Crippen molar-refractivity contribution in [2.45, 2.75) is 25.8 Å².